The normalized spacial score (nSPS) is 22.2. The Kier molecular flexibility index (Phi) is 5.35. The Labute approximate surface area is 172 Å². The zero-order chi connectivity index (χ0) is 20.4. The largest absolute Gasteiger partial charge is 0.338 e. The summed E-state index contributed by atoms with van der Waals surface area (Å²) in [6.45, 7) is 6.57. The molecule has 4 rings (SSSR count). The van der Waals surface area contributed by atoms with Gasteiger partial charge in [-0.3, -0.25) is 19.6 Å². The second-order valence-corrected chi connectivity index (χ2v) is 8.60. The third-order valence-corrected chi connectivity index (χ3v) is 6.15. The third-order valence-electron chi connectivity index (χ3n) is 6.15. The maximum atomic E-state index is 13.1. The van der Waals surface area contributed by atoms with Crippen LogP contribution in [0.1, 0.15) is 53.0 Å². The molecule has 3 heterocycles. The lowest BCUT2D eigenvalue weighted by Gasteiger charge is -2.48. The second-order valence-electron chi connectivity index (χ2n) is 8.60. The molecular formula is C23H28N4O2. The summed E-state index contributed by atoms with van der Waals surface area (Å²) >= 11 is 0. The SMILES string of the molecule is Cc1cccc(C(=O)N2CCCC3(CCC(=O)N(Cc4cnc(C)cn4)C3)C2)c1. The molecule has 0 aliphatic carbocycles. The highest BCUT2D eigenvalue weighted by atomic mass is 16.2. The molecule has 0 bridgehead atoms. The van der Waals surface area contributed by atoms with Gasteiger partial charge < -0.3 is 9.80 Å². The van der Waals surface area contributed by atoms with Gasteiger partial charge in [-0.1, -0.05) is 17.7 Å². The Balaban J connectivity index is 1.48. The van der Waals surface area contributed by atoms with Crippen molar-refractivity contribution >= 4 is 11.8 Å². The molecule has 2 aliphatic heterocycles. The zero-order valence-corrected chi connectivity index (χ0v) is 17.2. The third kappa shape index (κ3) is 4.31. The zero-order valence-electron chi connectivity index (χ0n) is 17.2. The molecule has 1 unspecified atom stereocenters. The fraction of sp³-hybridized carbons (Fsp3) is 0.478. The standard InChI is InChI=1S/C23H28N4O2/c1-17-5-3-6-19(11-17)22(29)26-10-4-8-23(15-26)9-7-21(28)27(16-23)14-20-13-24-18(2)12-25-20/h3,5-6,11-13H,4,7-10,14-16H2,1-2H3. The molecule has 1 aromatic heterocycles. The molecule has 1 atom stereocenters. The van der Waals surface area contributed by atoms with Crippen molar-refractivity contribution in [2.75, 3.05) is 19.6 Å². The van der Waals surface area contributed by atoms with Crippen molar-refractivity contribution in [1.29, 1.82) is 0 Å². The van der Waals surface area contributed by atoms with Gasteiger partial charge in [0.15, 0.2) is 0 Å². The number of nitrogens with zero attached hydrogens (tertiary/aromatic N) is 4. The van der Waals surface area contributed by atoms with Crippen molar-refractivity contribution in [3.8, 4) is 0 Å². The van der Waals surface area contributed by atoms with Crippen LogP contribution in [0.2, 0.25) is 0 Å². The van der Waals surface area contributed by atoms with Crippen LogP contribution >= 0.6 is 0 Å². The highest BCUT2D eigenvalue weighted by Gasteiger charge is 2.42. The number of hydrogen-bond acceptors (Lipinski definition) is 4. The number of amides is 2. The Morgan fingerprint density at radius 3 is 2.76 bits per heavy atom. The monoisotopic (exact) mass is 392 g/mol. The lowest BCUT2D eigenvalue weighted by Crippen LogP contribution is -2.54. The molecule has 2 aliphatic rings. The van der Waals surface area contributed by atoms with Gasteiger partial charge in [0.25, 0.3) is 5.91 Å². The van der Waals surface area contributed by atoms with Crippen molar-refractivity contribution < 1.29 is 9.59 Å². The van der Waals surface area contributed by atoms with E-state index in [-0.39, 0.29) is 17.2 Å². The quantitative estimate of drug-likeness (QED) is 0.805. The van der Waals surface area contributed by atoms with Gasteiger partial charge in [-0.25, -0.2) is 0 Å². The van der Waals surface area contributed by atoms with Crippen LogP contribution in [0, 0.1) is 19.3 Å². The fourth-order valence-electron chi connectivity index (χ4n) is 4.62. The molecule has 2 amide bonds. The van der Waals surface area contributed by atoms with Gasteiger partial charge in [0.2, 0.25) is 5.91 Å². The van der Waals surface area contributed by atoms with Crippen LogP contribution in [0.3, 0.4) is 0 Å². The molecule has 0 radical (unpaired) electrons. The Hall–Kier alpha value is -2.76. The summed E-state index contributed by atoms with van der Waals surface area (Å²) in [6, 6.07) is 7.79. The van der Waals surface area contributed by atoms with Crippen LogP contribution < -0.4 is 0 Å². The van der Waals surface area contributed by atoms with Gasteiger partial charge in [-0.2, -0.15) is 0 Å². The molecule has 0 saturated carbocycles. The Morgan fingerprint density at radius 1 is 1.14 bits per heavy atom. The number of benzene rings is 1. The highest BCUT2D eigenvalue weighted by Crippen LogP contribution is 2.39. The first-order valence-corrected chi connectivity index (χ1v) is 10.4. The van der Waals surface area contributed by atoms with E-state index in [4.69, 9.17) is 0 Å². The Bertz CT molecular complexity index is 911. The molecule has 2 saturated heterocycles. The molecule has 29 heavy (non-hydrogen) atoms. The van der Waals surface area contributed by atoms with E-state index >= 15 is 0 Å². The molecule has 2 fully saturated rings. The summed E-state index contributed by atoms with van der Waals surface area (Å²) in [5, 5.41) is 0. The summed E-state index contributed by atoms with van der Waals surface area (Å²) in [4.78, 5) is 38.2. The Morgan fingerprint density at radius 2 is 2.00 bits per heavy atom. The van der Waals surface area contributed by atoms with Crippen LogP contribution in [0.5, 0.6) is 0 Å². The van der Waals surface area contributed by atoms with E-state index in [1.54, 1.807) is 12.4 Å². The second kappa shape index (κ2) is 7.93. The first kappa shape index (κ1) is 19.6. The van der Waals surface area contributed by atoms with Crippen molar-refractivity contribution in [2.45, 2.75) is 46.1 Å². The summed E-state index contributed by atoms with van der Waals surface area (Å²) in [5.41, 5.74) is 3.50. The van der Waals surface area contributed by atoms with Crippen LogP contribution in [-0.4, -0.2) is 51.2 Å². The number of carbonyl (C=O) groups excluding carboxylic acids is 2. The predicted octanol–water partition coefficient (Wildman–Crippen LogP) is 3.14. The molecule has 6 heteroatoms. The van der Waals surface area contributed by atoms with Crippen molar-refractivity contribution in [3.05, 3.63) is 59.2 Å². The van der Waals surface area contributed by atoms with Gasteiger partial charge in [-0.05, 0) is 45.2 Å². The predicted molar refractivity (Wildman–Crippen MR) is 110 cm³/mol. The number of aryl methyl sites for hydroxylation is 2. The average Bonchev–Trinajstić information content (AvgIpc) is 2.72. The minimum Gasteiger partial charge on any atom is -0.338 e. The van der Waals surface area contributed by atoms with Gasteiger partial charge in [0, 0.05) is 43.2 Å². The maximum absolute atomic E-state index is 13.1. The maximum Gasteiger partial charge on any atom is 0.253 e. The summed E-state index contributed by atoms with van der Waals surface area (Å²) in [6.07, 6.45) is 6.89. The van der Waals surface area contributed by atoms with Crippen molar-refractivity contribution in [2.24, 2.45) is 5.41 Å². The van der Waals surface area contributed by atoms with Crippen LogP contribution in [0.4, 0.5) is 0 Å². The van der Waals surface area contributed by atoms with Gasteiger partial charge in [-0.15, -0.1) is 0 Å². The lowest BCUT2D eigenvalue weighted by atomic mass is 9.73. The summed E-state index contributed by atoms with van der Waals surface area (Å²) < 4.78 is 0. The van der Waals surface area contributed by atoms with E-state index in [9.17, 15) is 9.59 Å². The number of likely N-dealkylation sites (tertiary alicyclic amines) is 2. The first-order chi connectivity index (χ1) is 13.9. The van der Waals surface area contributed by atoms with E-state index < -0.39 is 0 Å². The van der Waals surface area contributed by atoms with E-state index in [0.29, 0.717) is 26.1 Å². The minimum atomic E-state index is -0.0240. The molecule has 0 N–H and O–H groups in total. The minimum absolute atomic E-state index is 0.0240. The molecule has 6 nitrogen and oxygen atoms in total. The fourth-order valence-corrected chi connectivity index (χ4v) is 4.62. The highest BCUT2D eigenvalue weighted by molar-refractivity contribution is 5.94. The number of carbonyl (C=O) groups is 2. The number of rotatable bonds is 3. The number of hydrogen-bond donors (Lipinski definition) is 0. The summed E-state index contributed by atoms with van der Waals surface area (Å²) in [5.74, 6) is 0.265. The average molecular weight is 393 g/mol. The number of piperidine rings is 2. The van der Waals surface area contributed by atoms with Crippen LogP contribution in [0.25, 0.3) is 0 Å². The van der Waals surface area contributed by atoms with E-state index in [1.807, 2.05) is 47.9 Å². The van der Waals surface area contributed by atoms with Crippen molar-refractivity contribution in [1.82, 2.24) is 19.8 Å². The topological polar surface area (TPSA) is 66.4 Å². The molecule has 1 spiro atoms. The summed E-state index contributed by atoms with van der Waals surface area (Å²) in [7, 11) is 0. The lowest BCUT2D eigenvalue weighted by molar-refractivity contribution is -0.139. The smallest absolute Gasteiger partial charge is 0.253 e. The first-order valence-electron chi connectivity index (χ1n) is 10.4. The van der Waals surface area contributed by atoms with Gasteiger partial charge in [0.1, 0.15) is 0 Å². The van der Waals surface area contributed by atoms with Crippen LogP contribution in [0.15, 0.2) is 36.7 Å². The molecule has 1 aromatic carbocycles. The van der Waals surface area contributed by atoms with Gasteiger partial charge >= 0.3 is 0 Å². The molecular weight excluding hydrogens is 364 g/mol. The van der Waals surface area contributed by atoms with Gasteiger partial charge in [0.05, 0.1) is 24.1 Å². The van der Waals surface area contributed by atoms with Crippen molar-refractivity contribution in [3.63, 3.8) is 0 Å². The van der Waals surface area contributed by atoms with E-state index in [2.05, 4.69) is 9.97 Å². The number of aromatic nitrogens is 2. The molecule has 2 aromatic rings. The molecule has 152 valence electrons. The van der Waals surface area contributed by atoms with E-state index in [0.717, 1.165) is 48.3 Å². The van der Waals surface area contributed by atoms with Crippen LogP contribution in [-0.2, 0) is 11.3 Å². The van der Waals surface area contributed by atoms with E-state index in [1.165, 1.54) is 0 Å².